The fourth-order valence-corrected chi connectivity index (χ4v) is 5.71. The van der Waals surface area contributed by atoms with Crippen LogP contribution < -0.4 is 0 Å². The molecule has 3 aromatic rings. The second kappa shape index (κ2) is 10.4. The van der Waals surface area contributed by atoms with Crippen LogP contribution in [0.4, 0.5) is 0 Å². The van der Waals surface area contributed by atoms with Crippen LogP contribution in [0.5, 0.6) is 5.75 Å². The molecular formula is C34H38O3. The predicted octanol–water partition coefficient (Wildman–Crippen LogP) is 8.49. The second-order valence-corrected chi connectivity index (χ2v) is 11.4. The molecule has 0 aromatic heterocycles. The Morgan fingerprint density at radius 1 is 1.00 bits per heavy atom. The van der Waals surface area contributed by atoms with Crippen LogP contribution in [0.1, 0.15) is 86.0 Å². The first-order valence-electron chi connectivity index (χ1n) is 13.1. The minimum atomic E-state index is -1.12. The summed E-state index contributed by atoms with van der Waals surface area (Å²) in [6.07, 6.45) is 8.38. The highest BCUT2D eigenvalue weighted by Crippen LogP contribution is 2.47. The first kappa shape index (κ1) is 26.5. The number of benzene rings is 3. The maximum Gasteiger partial charge on any atom is 0.339 e. The molecule has 3 unspecified atom stereocenters. The van der Waals surface area contributed by atoms with Crippen molar-refractivity contribution in [3.8, 4) is 5.75 Å². The van der Waals surface area contributed by atoms with E-state index in [-0.39, 0.29) is 28.6 Å². The third-order valence-electron chi connectivity index (χ3n) is 8.40. The quantitative estimate of drug-likeness (QED) is 0.330. The Morgan fingerprint density at radius 2 is 1.62 bits per heavy atom. The van der Waals surface area contributed by atoms with Crippen LogP contribution in [0.25, 0.3) is 0 Å². The number of phenols is 1. The van der Waals surface area contributed by atoms with Gasteiger partial charge in [0.05, 0.1) is 0 Å². The summed E-state index contributed by atoms with van der Waals surface area (Å²) in [5.41, 5.74) is 4.57. The Balaban J connectivity index is 1.86. The Morgan fingerprint density at radius 3 is 2.22 bits per heavy atom. The fourth-order valence-electron chi connectivity index (χ4n) is 5.71. The van der Waals surface area contributed by atoms with Crippen LogP contribution in [-0.2, 0) is 5.41 Å². The first-order valence-corrected chi connectivity index (χ1v) is 13.1. The number of carboxylic acid groups (broad SMARTS) is 1. The molecule has 0 bridgehead atoms. The molecule has 0 amide bonds. The van der Waals surface area contributed by atoms with Crippen LogP contribution in [0.15, 0.2) is 96.6 Å². The Labute approximate surface area is 221 Å². The minimum absolute atomic E-state index is 0.0158. The molecular weight excluding hydrogens is 456 g/mol. The molecule has 37 heavy (non-hydrogen) atoms. The molecule has 3 nitrogen and oxygen atoms in total. The van der Waals surface area contributed by atoms with Crippen LogP contribution in [-0.4, -0.2) is 16.2 Å². The number of rotatable bonds is 8. The number of aromatic hydroxyl groups is 1. The van der Waals surface area contributed by atoms with Crippen molar-refractivity contribution in [1.82, 2.24) is 0 Å². The lowest BCUT2D eigenvalue weighted by Crippen LogP contribution is -2.27. The van der Waals surface area contributed by atoms with Crippen molar-refractivity contribution in [1.29, 1.82) is 0 Å². The summed E-state index contributed by atoms with van der Waals surface area (Å²) >= 11 is 0. The molecule has 4 rings (SSSR count). The van der Waals surface area contributed by atoms with E-state index >= 15 is 0 Å². The second-order valence-electron chi connectivity index (χ2n) is 11.4. The van der Waals surface area contributed by atoms with Gasteiger partial charge in [0.15, 0.2) is 0 Å². The monoisotopic (exact) mass is 494 g/mol. The van der Waals surface area contributed by atoms with Gasteiger partial charge in [-0.05, 0) is 53.9 Å². The van der Waals surface area contributed by atoms with Crippen LogP contribution in [0, 0.1) is 11.3 Å². The van der Waals surface area contributed by atoms with Gasteiger partial charge in [0.1, 0.15) is 11.3 Å². The molecule has 192 valence electrons. The van der Waals surface area contributed by atoms with Crippen molar-refractivity contribution < 1.29 is 15.0 Å². The lowest BCUT2D eigenvalue weighted by atomic mass is 9.67. The Bertz CT molecular complexity index is 1320. The van der Waals surface area contributed by atoms with Gasteiger partial charge in [-0.25, -0.2) is 4.79 Å². The molecule has 0 saturated heterocycles. The summed E-state index contributed by atoms with van der Waals surface area (Å²) in [5, 5.41) is 21.5. The van der Waals surface area contributed by atoms with Crippen molar-refractivity contribution in [2.45, 2.75) is 58.8 Å². The van der Waals surface area contributed by atoms with Crippen LogP contribution in [0.2, 0.25) is 0 Å². The minimum Gasteiger partial charge on any atom is -0.507 e. The SMILES string of the molecule is CC1=CC=CC(C)(C(C)CC(c2ccccc2)c2cc(C(C)(C)c3ccccc3)cc(C(=O)O)c2O)C1. The summed E-state index contributed by atoms with van der Waals surface area (Å²) in [7, 11) is 0. The summed E-state index contributed by atoms with van der Waals surface area (Å²) < 4.78 is 0. The number of carboxylic acids is 1. The molecule has 2 N–H and O–H groups in total. The molecule has 0 spiro atoms. The molecule has 0 heterocycles. The third kappa shape index (κ3) is 5.41. The molecule has 0 radical (unpaired) electrons. The molecule has 3 atom stereocenters. The van der Waals surface area contributed by atoms with Crippen molar-refractivity contribution in [3.05, 3.63) is 124 Å². The van der Waals surface area contributed by atoms with Crippen LogP contribution in [0.3, 0.4) is 0 Å². The zero-order valence-corrected chi connectivity index (χ0v) is 22.5. The predicted molar refractivity (Wildman–Crippen MR) is 151 cm³/mol. The standard InChI is InChI=1S/C34H38O3/c1-23-13-12-18-34(5,22-23)24(2)19-28(25-14-8-6-9-15-25)29-20-27(21-30(31(29)35)32(36)37)33(3,4)26-16-10-7-11-17-26/h6-18,20-21,24,28,35H,19,22H2,1-5H3,(H,36,37). The van der Waals surface area contributed by atoms with E-state index in [0.29, 0.717) is 5.56 Å². The lowest BCUT2D eigenvalue weighted by Gasteiger charge is -2.38. The van der Waals surface area contributed by atoms with E-state index in [2.05, 4.69) is 77.1 Å². The van der Waals surface area contributed by atoms with Gasteiger partial charge in [0.25, 0.3) is 0 Å². The highest BCUT2D eigenvalue weighted by atomic mass is 16.4. The fraction of sp³-hybridized carbons (Fsp3) is 0.324. The molecule has 3 heteroatoms. The van der Waals surface area contributed by atoms with Crippen molar-refractivity contribution >= 4 is 5.97 Å². The van der Waals surface area contributed by atoms with Gasteiger partial charge < -0.3 is 10.2 Å². The summed E-state index contributed by atoms with van der Waals surface area (Å²) in [6, 6.07) is 23.9. The van der Waals surface area contributed by atoms with Gasteiger partial charge >= 0.3 is 5.97 Å². The Hall–Kier alpha value is -3.59. The lowest BCUT2D eigenvalue weighted by molar-refractivity contribution is 0.0693. The van der Waals surface area contributed by atoms with E-state index in [9.17, 15) is 15.0 Å². The Kier molecular flexibility index (Phi) is 7.45. The van der Waals surface area contributed by atoms with E-state index in [0.717, 1.165) is 29.5 Å². The van der Waals surface area contributed by atoms with Gasteiger partial charge in [0, 0.05) is 16.9 Å². The van der Waals surface area contributed by atoms with E-state index in [1.54, 1.807) is 6.07 Å². The highest BCUT2D eigenvalue weighted by Gasteiger charge is 2.35. The smallest absolute Gasteiger partial charge is 0.339 e. The van der Waals surface area contributed by atoms with E-state index < -0.39 is 11.4 Å². The molecule has 1 aliphatic rings. The topological polar surface area (TPSA) is 57.5 Å². The van der Waals surface area contributed by atoms with Gasteiger partial charge in [-0.15, -0.1) is 0 Å². The molecule has 0 saturated carbocycles. The van der Waals surface area contributed by atoms with Crippen molar-refractivity contribution in [2.75, 3.05) is 0 Å². The normalized spacial score (nSPS) is 19.2. The summed E-state index contributed by atoms with van der Waals surface area (Å²) in [5.74, 6) is -1.12. The zero-order valence-electron chi connectivity index (χ0n) is 22.5. The number of carbonyl (C=O) groups is 1. The molecule has 0 aliphatic heterocycles. The summed E-state index contributed by atoms with van der Waals surface area (Å²) in [6.45, 7) is 10.9. The van der Waals surface area contributed by atoms with E-state index in [4.69, 9.17) is 0 Å². The maximum absolute atomic E-state index is 12.3. The van der Waals surface area contributed by atoms with E-state index in [1.807, 2.05) is 42.5 Å². The largest absolute Gasteiger partial charge is 0.507 e. The maximum atomic E-state index is 12.3. The first-order chi connectivity index (χ1) is 17.5. The van der Waals surface area contributed by atoms with Crippen LogP contribution >= 0.6 is 0 Å². The number of allylic oxidation sites excluding steroid dienone is 4. The zero-order chi connectivity index (χ0) is 26.8. The number of hydrogen-bond donors (Lipinski definition) is 2. The number of aromatic carboxylic acids is 1. The van der Waals surface area contributed by atoms with Gasteiger partial charge in [-0.1, -0.05) is 118 Å². The van der Waals surface area contributed by atoms with Gasteiger partial charge in [-0.2, -0.15) is 0 Å². The molecule has 0 fully saturated rings. The van der Waals surface area contributed by atoms with Gasteiger partial charge in [0.2, 0.25) is 0 Å². The highest BCUT2D eigenvalue weighted by molar-refractivity contribution is 5.92. The number of hydrogen-bond acceptors (Lipinski definition) is 2. The average Bonchev–Trinajstić information content (AvgIpc) is 2.88. The molecule has 1 aliphatic carbocycles. The van der Waals surface area contributed by atoms with Crippen molar-refractivity contribution in [3.63, 3.8) is 0 Å². The van der Waals surface area contributed by atoms with Crippen molar-refractivity contribution in [2.24, 2.45) is 11.3 Å². The molecule has 3 aromatic carbocycles. The van der Waals surface area contributed by atoms with Gasteiger partial charge in [-0.3, -0.25) is 0 Å². The summed E-state index contributed by atoms with van der Waals surface area (Å²) in [4.78, 5) is 12.3. The van der Waals surface area contributed by atoms with E-state index in [1.165, 1.54) is 5.57 Å². The third-order valence-corrected chi connectivity index (χ3v) is 8.40. The average molecular weight is 495 g/mol.